The van der Waals surface area contributed by atoms with Crippen LogP contribution in [0.3, 0.4) is 0 Å². The second-order valence-corrected chi connectivity index (χ2v) is 7.78. The minimum absolute atomic E-state index is 0.555. The average molecular weight is 280 g/mol. The van der Waals surface area contributed by atoms with E-state index < -0.39 is 44.4 Å². The summed E-state index contributed by atoms with van der Waals surface area (Å²) in [6.45, 7) is 8.42. The molecular weight excluding hydrogens is 260 g/mol. The van der Waals surface area contributed by atoms with E-state index in [2.05, 4.69) is 0 Å². The molecule has 0 amide bonds. The SMILES string of the molecule is CC(C)(C)OC(=O)C1C(C(O)S(=O)(=O)O)C1(C)C. The van der Waals surface area contributed by atoms with Crippen molar-refractivity contribution in [3.8, 4) is 0 Å². The maximum Gasteiger partial charge on any atom is 0.310 e. The predicted molar refractivity (Wildman–Crippen MR) is 64.2 cm³/mol. The highest BCUT2D eigenvalue weighted by atomic mass is 32.2. The van der Waals surface area contributed by atoms with E-state index in [0.29, 0.717) is 0 Å². The van der Waals surface area contributed by atoms with Gasteiger partial charge in [0.25, 0.3) is 10.1 Å². The summed E-state index contributed by atoms with van der Waals surface area (Å²) in [6, 6.07) is 0. The monoisotopic (exact) mass is 280 g/mol. The van der Waals surface area contributed by atoms with Gasteiger partial charge in [-0.2, -0.15) is 8.42 Å². The van der Waals surface area contributed by atoms with Gasteiger partial charge < -0.3 is 9.84 Å². The lowest BCUT2D eigenvalue weighted by Crippen LogP contribution is -2.28. The normalized spacial score (nSPS) is 28.6. The third-order valence-electron chi connectivity index (χ3n) is 3.18. The molecule has 1 aliphatic rings. The minimum atomic E-state index is -4.57. The van der Waals surface area contributed by atoms with Crippen LogP contribution in [0.15, 0.2) is 0 Å². The summed E-state index contributed by atoms with van der Waals surface area (Å²) in [6.07, 6.45) is 0. The number of aliphatic hydroxyl groups excluding tert-OH is 1. The lowest BCUT2D eigenvalue weighted by atomic mass is 10.1. The Morgan fingerprint density at radius 1 is 1.33 bits per heavy atom. The van der Waals surface area contributed by atoms with Crippen molar-refractivity contribution >= 4 is 16.1 Å². The van der Waals surface area contributed by atoms with Gasteiger partial charge in [-0.05, 0) is 26.2 Å². The van der Waals surface area contributed by atoms with E-state index in [4.69, 9.17) is 9.29 Å². The van der Waals surface area contributed by atoms with Crippen molar-refractivity contribution in [2.75, 3.05) is 0 Å². The first kappa shape index (κ1) is 15.4. The van der Waals surface area contributed by atoms with Crippen molar-refractivity contribution in [1.29, 1.82) is 0 Å². The molecule has 2 N–H and O–H groups in total. The quantitative estimate of drug-likeness (QED) is 0.586. The molecule has 3 unspecified atom stereocenters. The Labute approximate surface area is 107 Å². The first-order valence-electron chi connectivity index (χ1n) is 5.65. The molecule has 106 valence electrons. The van der Waals surface area contributed by atoms with Crippen LogP contribution in [0.5, 0.6) is 0 Å². The van der Waals surface area contributed by atoms with E-state index >= 15 is 0 Å². The fourth-order valence-corrected chi connectivity index (χ4v) is 3.09. The van der Waals surface area contributed by atoms with E-state index in [-0.39, 0.29) is 0 Å². The third kappa shape index (κ3) is 3.02. The van der Waals surface area contributed by atoms with Gasteiger partial charge in [-0.25, -0.2) is 0 Å². The molecular formula is C11H20O6S. The zero-order chi connectivity index (χ0) is 14.5. The van der Waals surface area contributed by atoms with Gasteiger partial charge >= 0.3 is 5.97 Å². The molecule has 0 bridgehead atoms. The molecule has 1 aliphatic carbocycles. The summed E-state index contributed by atoms with van der Waals surface area (Å²) in [7, 11) is -4.57. The molecule has 0 heterocycles. The largest absolute Gasteiger partial charge is 0.460 e. The second kappa shape index (κ2) is 4.18. The van der Waals surface area contributed by atoms with Gasteiger partial charge in [0.1, 0.15) is 5.60 Å². The molecule has 18 heavy (non-hydrogen) atoms. The van der Waals surface area contributed by atoms with Crippen LogP contribution < -0.4 is 0 Å². The molecule has 1 saturated carbocycles. The summed E-state index contributed by atoms with van der Waals surface area (Å²) in [5.41, 5.74) is -3.34. The van der Waals surface area contributed by atoms with E-state index in [1.807, 2.05) is 0 Å². The van der Waals surface area contributed by atoms with Gasteiger partial charge in [-0.15, -0.1) is 0 Å². The van der Waals surface area contributed by atoms with Gasteiger partial charge in [-0.1, -0.05) is 13.8 Å². The highest BCUT2D eigenvalue weighted by Crippen LogP contribution is 2.61. The van der Waals surface area contributed by atoms with Crippen LogP contribution in [0.4, 0.5) is 0 Å². The zero-order valence-electron chi connectivity index (χ0n) is 11.2. The molecule has 0 aromatic heterocycles. The number of hydrogen-bond donors (Lipinski definition) is 2. The maximum atomic E-state index is 11.9. The van der Waals surface area contributed by atoms with Crippen LogP contribution in [0.25, 0.3) is 0 Å². The number of aliphatic hydroxyl groups is 1. The van der Waals surface area contributed by atoms with Crippen LogP contribution in [0.2, 0.25) is 0 Å². The second-order valence-electron chi connectivity index (χ2n) is 6.26. The maximum absolute atomic E-state index is 11.9. The van der Waals surface area contributed by atoms with Crippen molar-refractivity contribution in [3.63, 3.8) is 0 Å². The molecule has 0 radical (unpaired) electrons. The van der Waals surface area contributed by atoms with Crippen LogP contribution in [-0.2, 0) is 19.6 Å². The van der Waals surface area contributed by atoms with Gasteiger partial charge in [0.15, 0.2) is 5.44 Å². The molecule has 7 heteroatoms. The van der Waals surface area contributed by atoms with E-state index in [9.17, 15) is 18.3 Å². The number of ether oxygens (including phenoxy) is 1. The molecule has 0 saturated heterocycles. The fourth-order valence-electron chi connectivity index (χ4n) is 2.21. The average Bonchev–Trinajstić information content (AvgIpc) is 2.62. The molecule has 0 aromatic rings. The van der Waals surface area contributed by atoms with Crippen LogP contribution >= 0.6 is 0 Å². The Kier molecular flexibility index (Phi) is 3.57. The number of carbonyl (C=O) groups is 1. The summed E-state index contributed by atoms with van der Waals surface area (Å²) < 4.78 is 35.8. The first-order valence-corrected chi connectivity index (χ1v) is 7.16. The predicted octanol–water partition coefficient (Wildman–Crippen LogP) is 0.807. The summed E-state index contributed by atoms with van der Waals surface area (Å²) in [4.78, 5) is 11.9. The highest BCUT2D eigenvalue weighted by Gasteiger charge is 2.68. The lowest BCUT2D eigenvalue weighted by Gasteiger charge is -2.20. The Hall–Kier alpha value is -0.660. The summed E-state index contributed by atoms with van der Waals surface area (Å²) in [5, 5.41) is 9.53. The Balaban J connectivity index is 2.85. The molecule has 3 atom stereocenters. The lowest BCUT2D eigenvalue weighted by molar-refractivity contribution is -0.157. The van der Waals surface area contributed by atoms with Crippen molar-refractivity contribution in [1.82, 2.24) is 0 Å². The fraction of sp³-hybridized carbons (Fsp3) is 0.909. The Morgan fingerprint density at radius 3 is 2.11 bits per heavy atom. The van der Waals surface area contributed by atoms with Gasteiger partial charge in [-0.3, -0.25) is 9.35 Å². The molecule has 0 aromatic carbocycles. The highest BCUT2D eigenvalue weighted by molar-refractivity contribution is 7.86. The molecule has 6 nitrogen and oxygen atoms in total. The number of esters is 1. The third-order valence-corrected chi connectivity index (χ3v) is 4.09. The first-order chi connectivity index (χ1) is 7.78. The van der Waals surface area contributed by atoms with Crippen LogP contribution in [0, 0.1) is 17.3 Å². The summed E-state index contributed by atoms with van der Waals surface area (Å²) >= 11 is 0. The van der Waals surface area contributed by atoms with Crippen molar-refractivity contribution in [3.05, 3.63) is 0 Å². The van der Waals surface area contributed by atoms with Crippen molar-refractivity contribution < 1.29 is 27.6 Å². The minimum Gasteiger partial charge on any atom is -0.460 e. The van der Waals surface area contributed by atoms with Gasteiger partial charge in [0.05, 0.1) is 5.92 Å². The number of carbonyl (C=O) groups excluding carboxylic acids is 1. The summed E-state index contributed by atoms with van der Waals surface area (Å²) in [5.74, 6) is -2.13. The molecule has 1 fully saturated rings. The smallest absolute Gasteiger partial charge is 0.310 e. The van der Waals surface area contributed by atoms with Crippen LogP contribution in [-0.4, -0.2) is 35.1 Å². The zero-order valence-corrected chi connectivity index (χ0v) is 12.0. The van der Waals surface area contributed by atoms with Crippen LogP contribution in [0.1, 0.15) is 34.6 Å². The van der Waals surface area contributed by atoms with Gasteiger partial charge in [0.2, 0.25) is 0 Å². The topological polar surface area (TPSA) is 101 Å². The molecule has 0 aliphatic heterocycles. The van der Waals surface area contributed by atoms with Crippen molar-refractivity contribution in [2.45, 2.75) is 45.7 Å². The Morgan fingerprint density at radius 2 is 1.78 bits per heavy atom. The van der Waals surface area contributed by atoms with Crippen molar-refractivity contribution in [2.24, 2.45) is 17.3 Å². The number of rotatable bonds is 3. The van der Waals surface area contributed by atoms with E-state index in [1.54, 1.807) is 34.6 Å². The standard InChI is InChI=1S/C11H20O6S/c1-10(2,3)17-8(12)6-7(11(6,4)5)9(13)18(14,15)16/h6-7,9,13H,1-5H3,(H,14,15,16). The van der Waals surface area contributed by atoms with Gasteiger partial charge in [0, 0.05) is 5.92 Å². The molecule has 1 rings (SSSR count). The number of hydrogen-bond acceptors (Lipinski definition) is 5. The van der Waals surface area contributed by atoms with E-state index in [0.717, 1.165) is 0 Å². The molecule has 0 spiro atoms. The van der Waals surface area contributed by atoms with E-state index in [1.165, 1.54) is 0 Å². The Bertz CT molecular complexity index is 445.